The van der Waals surface area contributed by atoms with Crippen LogP contribution in [0, 0.1) is 0 Å². The van der Waals surface area contributed by atoms with Gasteiger partial charge in [-0.3, -0.25) is 23.4 Å². The maximum absolute atomic E-state index is 13.0. The Bertz CT molecular complexity index is 1810. The molecule has 21 nitrogen and oxygen atoms in total. The number of phosphoric ester groups is 2. The summed E-state index contributed by atoms with van der Waals surface area (Å²) in [7, 11) is -11.0. The van der Waals surface area contributed by atoms with Crippen molar-refractivity contribution in [3.63, 3.8) is 0 Å². The van der Waals surface area contributed by atoms with E-state index in [4.69, 9.17) is 30.0 Å². The SMILES string of the molecule is CC(C)(C)OC(=O)N1C[C@@H]([n+]2cccc(C(N)=O)c2)C[C@H]1COP(=O)([O-])OP(=O)(O)OC[C@H]1O[C@@H](n2cnc3c(N)ncnc32)[C@H](O)[C@@H]1O. The average molecular weight is 731 g/mol. The number of primary amides is 1. The lowest BCUT2D eigenvalue weighted by Crippen LogP contribution is -2.44. The Morgan fingerprint density at radius 3 is 2.59 bits per heavy atom. The van der Waals surface area contributed by atoms with Crippen LogP contribution in [0.15, 0.2) is 37.2 Å². The molecule has 7 N–H and O–H groups in total. The number of hydrogen-bond acceptors (Lipinski definition) is 16. The summed E-state index contributed by atoms with van der Waals surface area (Å²) in [5, 5.41) is 21.1. The molecule has 3 aromatic heterocycles. The van der Waals surface area contributed by atoms with Gasteiger partial charge >= 0.3 is 13.9 Å². The molecule has 3 aromatic rings. The number of phosphoric acid groups is 2. The molecule has 5 rings (SSSR count). The quantitative estimate of drug-likeness (QED) is 0.120. The average Bonchev–Trinajstić information content (AvgIpc) is 3.71. The predicted molar refractivity (Wildman–Crippen MR) is 162 cm³/mol. The monoisotopic (exact) mass is 730 g/mol. The summed E-state index contributed by atoms with van der Waals surface area (Å²) in [5.74, 6) is -0.618. The van der Waals surface area contributed by atoms with Gasteiger partial charge in [-0.05, 0) is 26.8 Å². The molecule has 5 heterocycles. The van der Waals surface area contributed by atoms with Gasteiger partial charge in [0, 0.05) is 12.5 Å². The largest absolute Gasteiger partial charge is 0.756 e. The Morgan fingerprint density at radius 1 is 1.16 bits per heavy atom. The molecule has 2 saturated heterocycles. The van der Waals surface area contributed by atoms with Crippen LogP contribution >= 0.6 is 15.6 Å². The second-order valence-corrected chi connectivity index (χ2v) is 15.3. The fraction of sp³-hybridized carbons (Fsp3) is 0.538. The molecular weight excluding hydrogens is 694 g/mol. The van der Waals surface area contributed by atoms with Gasteiger partial charge in [0.1, 0.15) is 41.3 Å². The summed E-state index contributed by atoms with van der Waals surface area (Å²) < 4.78 is 53.3. The molecule has 0 aromatic carbocycles. The number of nitrogens with zero attached hydrogens (tertiary/aromatic N) is 6. The lowest BCUT2D eigenvalue weighted by molar-refractivity contribution is -0.719. The normalized spacial score (nSPS) is 26.8. The smallest absolute Gasteiger partial charge is 0.478 e. The second-order valence-electron chi connectivity index (χ2n) is 12.3. The maximum Gasteiger partial charge on any atom is 0.478 e. The number of carbonyl (C=O) groups is 2. The first-order chi connectivity index (χ1) is 22.8. The van der Waals surface area contributed by atoms with Crippen molar-refractivity contribution >= 4 is 44.6 Å². The number of fused-ring (bicyclic) bond motifs is 1. The van der Waals surface area contributed by atoms with Crippen LogP contribution in [-0.2, 0) is 32.0 Å². The van der Waals surface area contributed by atoms with Crippen LogP contribution in [0.3, 0.4) is 0 Å². The minimum absolute atomic E-state index is 0.0349. The highest BCUT2D eigenvalue weighted by atomic mass is 31.3. The zero-order valence-electron chi connectivity index (χ0n) is 26.4. The molecule has 8 atom stereocenters. The van der Waals surface area contributed by atoms with E-state index in [0.29, 0.717) is 0 Å². The first kappa shape index (κ1) is 36.7. The summed E-state index contributed by atoms with van der Waals surface area (Å²) in [6.45, 7) is 3.38. The predicted octanol–water partition coefficient (Wildman–Crippen LogP) is -0.717. The Labute approximate surface area is 278 Å². The van der Waals surface area contributed by atoms with Gasteiger partial charge in [-0.1, -0.05) is 0 Å². The maximum atomic E-state index is 13.0. The van der Waals surface area contributed by atoms with Gasteiger partial charge in [0.25, 0.3) is 13.7 Å². The molecule has 23 heteroatoms. The van der Waals surface area contributed by atoms with Crippen molar-refractivity contribution in [1.29, 1.82) is 0 Å². The van der Waals surface area contributed by atoms with E-state index in [9.17, 15) is 38.7 Å². The fourth-order valence-electron chi connectivity index (χ4n) is 5.35. The van der Waals surface area contributed by atoms with Crippen molar-refractivity contribution in [2.24, 2.45) is 5.73 Å². The summed E-state index contributed by atoms with van der Waals surface area (Å²) >= 11 is 0. The van der Waals surface area contributed by atoms with Gasteiger partial charge in [-0.15, -0.1) is 0 Å². The Balaban J connectivity index is 1.21. The second kappa shape index (κ2) is 13.9. The molecule has 0 aliphatic carbocycles. The Morgan fingerprint density at radius 2 is 1.90 bits per heavy atom. The van der Waals surface area contributed by atoms with E-state index in [2.05, 4.69) is 19.3 Å². The number of nitrogens with two attached hydrogens (primary N) is 2. The number of rotatable bonds is 11. The molecule has 0 spiro atoms. The molecule has 2 aliphatic rings. The number of amides is 2. The van der Waals surface area contributed by atoms with Crippen LogP contribution in [0.4, 0.5) is 10.6 Å². The third-order valence-corrected chi connectivity index (χ3v) is 10.1. The number of pyridine rings is 1. The highest BCUT2D eigenvalue weighted by Gasteiger charge is 2.46. The number of imidazole rings is 1. The highest BCUT2D eigenvalue weighted by Crippen LogP contribution is 2.58. The van der Waals surface area contributed by atoms with Crippen LogP contribution in [0.2, 0.25) is 0 Å². The van der Waals surface area contributed by atoms with Gasteiger partial charge in [0.15, 0.2) is 36.1 Å². The van der Waals surface area contributed by atoms with Crippen molar-refractivity contribution < 1.29 is 66.1 Å². The molecule has 2 aliphatic heterocycles. The third-order valence-electron chi connectivity index (χ3n) is 7.58. The number of carbonyl (C=O) groups excluding carboxylic acids is 2. The topological polar surface area (TPSA) is 301 Å². The summed E-state index contributed by atoms with van der Waals surface area (Å²) in [6, 6.07) is 1.71. The number of anilines is 1. The van der Waals surface area contributed by atoms with Crippen molar-refractivity contribution in [2.75, 3.05) is 25.5 Å². The van der Waals surface area contributed by atoms with Crippen LogP contribution in [0.25, 0.3) is 11.2 Å². The summed E-state index contributed by atoms with van der Waals surface area (Å²) in [6.07, 6.45) is -1.10. The van der Waals surface area contributed by atoms with Crippen molar-refractivity contribution in [2.45, 2.75) is 69.4 Å². The molecule has 49 heavy (non-hydrogen) atoms. The lowest BCUT2D eigenvalue weighted by Gasteiger charge is -2.30. The summed E-state index contributed by atoms with van der Waals surface area (Å²) in [4.78, 5) is 60.7. The van der Waals surface area contributed by atoms with Gasteiger partial charge < -0.3 is 45.5 Å². The van der Waals surface area contributed by atoms with Gasteiger partial charge in [0.05, 0.1) is 32.1 Å². The highest BCUT2D eigenvalue weighted by molar-refractivity contribution is 7.60. The van der Waals surface area contributed by atoms with Crippen LogP contribution < -0.4 is 20.9 Å². The number of ether oxygens (including phenoxy) is 2. The van der Waals surface area contributed by atoms with E-state index in [-0.39, 0.29) is 35.5 Å². The molecular formula is C26H36N8O13P2. The van der Waals surface area contributed by atoms with Gasteiger partial charge in [-0.25, -0.2) is 28.6 Å². The third kappa shape index (κ3) is 8.58. The van der Waals surface area contributed by atoms with E-state index >= 15 is 0 Å². The minimum Gasteiger partial charge on any atom is -0.756 e. The molecule has 0 radical (unpaired) electrons. The van der Waals surface area contributed by atoms with E-state index < -0.39 is 83.1 Å². The van der Waals surface area contributed by atoms with E-state index in [1.165, 1.54) is 28.1 Å². The van der Waals surface area contributed by atoms with Gasteiger partial charge in [0.2, 0.25) is 0 Å². The number of hydrogen-bond donors (Lipinski definition) is 5. The van der Waals surface area contributed by atoms with Crippen molar-refractivity contribution in [3.8, 4) is 0 Å². The number of aromatic nitrogens is 5. The lowest BCUT2D eigenvalue weighted by atomic mass is 10.1. The molecule has 2 amide bonds. The zero-order valence-corrected chi connectivity index (χ0v) is 28.2. The fourth-order valence-corrected chi connectivity index (χ4v) is 7.43. The minimum atomic E-state index is -5.58. The first-order valence-corrected chi connectivity index (χ1v) is 17.7. The molecule has 2 fully saturated rings. The first-order valence-electron chi connectivity index (χ1n) is 14.7. The van der Waals surface area contributed by atoms with Gasteiger partial charge in [-0.2, -0.15) is 4.57 Å². The number of likely N-dealkylation sites (tertiary alicyclic amines) is 1. The van der Waals surface area contributed by atoms with Crippen LogP contribution in [0.1, 0.15) is 49.8 Å². The molecule has 2 unspecified atom stereocenters. The van der Waals surface area contributed by atoms with E-state index in [1.54, 1.807) is 37.6 Å². The standard InChI is InChI=1S/C26H36N8O13P2/c1-26(2,3)46-25(38)33-9-15(32-6-4-5-14(8-32)22(28)37)7-16(33)10-43-48(39,40)47-49(41,42)44-11-17-19(35)20(36)24(45-17)34-13-31-18-21(27)29-12-30-23(18)34/h4-6,8,12-13,15-17,19-20,24,35-36H,7,9-11H2,1-3H3,(H5-,27,28,29,30,37,39,40,41,42)/t15-,16-,17+,19+,20+,24+/m0/s1. The van der Waals surface area contributed by atoms with Crippen molar-refractivity contribution in [3.05, 3.63) is 42.7 Å². The molecule has 0 bridgehead atoms. The summed E-state index contributed by atoms with van der Waals surface area (Å²) in [5.41, 5.74) is 10.8. The Hall–Kier alpha value is -3.62. The number of aliphatic hydroxyl groups excluding tert-OH is 2. The Kier molecular flexibility index (Phi) is 10.4. The van der Waals surface area contributed by atoms with Crippen molar-refractivity contribution in [1.82, 2.24) is 24.4 Å². The van der Waals surface area contributed by atoms with Crippen LogP contribution in [0.5, 0.6) is 0 Å². The van der Waals surface area contributed by atoms with E-state index in [0.717, 1.165) is 6.33 Å². The molecule has 0 saturated carbocycles. The van der Waals surface area contributed by atoms with Crippen LogP contribution in [-0.4, -0.2) is 101 Å². The van der Waals surface area contributed by atoms with E-state index in [1.807, 2.05) is 0 Å². The number of nitrogen functional groups attached to an aromatic ring is 1. The number of aliphatic hydroxyl groups is 2. The zero-order chi connectivity index (χ0) is 35.9. The molecule has 268 valence electrons.